The molecule has 3 heterocycles. The Balaban J connectivity index is 1.68. The van der Waals surface area contributed by atoms with E-state index < -0.39 is 0 Å². The van der Waals surface area contributed by atoms with Gasteiger partial charge >= 0.3 is 0 Å². The molecule has 0 aliphatic heterocycles. The molecule has 0 fully saturated rings. The van der Waals surface area contributed by atoms with E-state index in [1.807, 2.05) is 49.4 Å². The van der Waals surface area contributed by atoms with Crippen LogP contribution in [0.2, 0.25) is 10.0 Å². The Morgan fingerprint density at radius 2 is 1.92 bits per heavy atom. The molecule has 0 amide bonds. The summed E-state index contributed by atoms with van der Waals surface area (Å²) in [6.45, 7) is 2.50. The van der Waals surface area contributed by atoms with Gasteiger partial charge in [0, 0.05) is 44.9 Å². The van der Waals surface area contributed by atoms with Crippen molar-refractivity contribution >= 4 is 39.8 Å². The van der Waals surface area contributed by atoms with Crippen LogP contribution in [0.25, 0.3) is 22.5 Å². The van der Waals surface area contributed by atoms with Gasteiger partial charge in [0.05, 0.1) is 7.11 Å². The number of ether oxygens (including phenoxy) is 1. The normalized spacial score (nSPS) is 11.8. The van der Waals surface area contributed by atoms with Gasteiger partial charge in [-0.15, -0.1) is 10.2 Å². The van der Waals surface area contributed by atoms with E-state index in [1.54, 1.807) is 25.4 Å². The molecule has 0 saturated heterocycles. The molecule has 182 valence electrons. The zero-order valence-corrected chi connectivity index (χ0v) is 21.2. The second kappa shape index (κ2) is 10.0. The zero-order valence-electron chi connectivity index (χ0n) is 19.7. The van der Waals surface area contributed by atoms with Crippen LogP contribution in [0.15, 0.2) is 70.4 Å². The lowest BCUT2D eigenvalue weighted by atomic mass is 10.1. The lowest BCUT2D eigenvalue weighted by Gasteiger charge is -2.11. The number of rotatable bonds is 7. The standard InChI is InChI=1S/C26H21Cl2N5O3/c1-15-23(24(32-35-3)26-31-30-25(36-26)21-6-4-5-11-29-21)19-13-18(34-2)9-10-22(19)33(15)14-16-7-8-17(27)12-20(16)28/h4-13H,14H2,1-3H3/b32-24-. The number of hydrogen-bond donors (Lipinski definition) is 0. The molecule has 0 aliphatic rings. The van der Waals surface area contributed by atoms with Crippen LogP contribution in [0.4, 0.5) is 0 Å². The maximum absolute atomic E-state index is 6.51. The van der Waals surface area contributed by atoms with Crippen molar-refractivity contribution in [3.8, 4) is 17.3 Å². The molecular formula is C26H21Cl2N5O3. The predicted molar refractivity (Wildman–Crippen MR) is 139 cm³/mol. The highest BCUT2D eigenvalue weighted by atomic mass is 35.5. The SMILES string of the molecule is CO/N=C(\c1nnc(-c2ccccn2)o1)c1c(C)n(Cc2ccc(Cl)cc2Cl)c2ccc(OC)cc12. The molecule has 0 bridgehead atoms. The summed E-state index contributed by atoms with van der Waals surface area (Å²) in [6, 6.07) is 16.8. The Bertz CT molecular complexity index is 1580. The molecule has 0 saturated carbocycles. The summed E-state index contributed by atoms with van der Waals surface area (Å²) in [5, 5.41) is 14.8. The second-order valence-corrected chi connectivity index (χ2v) is 8.76. The van der Waals surface area contributed by atoms with Gasteiger partial charge in [0.2, 0.25) is 0 Å². The van der Waals surface area contributed by atoms with Gasteiger partial charge in [0.1, 0.15) is 18.6 Å². The van der Waals surface area contributed by atoms with Gasteiger partial charge in [-0.2, -0.15) is 0 Å². The van der Waals surface area contributed by atoms with Crippen LogP contribution in [0.1, 0.15) is 22.7 Å². The van der Waals surface area contributed by atoms with Crippen LogP contribution in [0.3, 0.4) is 0 Å². The molecule has 2 aromatic carbocycles. The number of pyridine rings is 1. The fourth-order valence-electron chi connectivity index (χ4n) is 4.11. The van der Waals surface area contributed by atoms with Crippen molar-refractivity contribution < 1.29 is 14.0 Å². The molecule has 0 aliphatic carbocycles. The predicted octanol–water partition coefficient (Wildman–Crippen LogP) is 6.16. The molecule has 0 radical (unpaired) electrons. The van der Waals surface area contributed by atoms with Crippen LogP contribution in [0.5, 0.6) is 5.75 Å². The number of methoxy groups -OCH3 is 1. The van der Waals surface area contributed by atoms with Crippen molar-refractivity contribution in [3.63, 3.8) is 0 Å². The van der Waals surface area contributed by atoms with E-state index in [9.17, 15) is 0 Å². The van der Waals surface area contributed by atoms with Gasteiger partial charge in [-0.25, -0.2) is 0 Å². The molecule has 8 nitrogen and oxygen atoms in total. The average molecular weight is 522 g/mol. The largest absolute Gasteiger partial charge is 0.497 e. The number of aromatic nitrogens is 4. The summed E-state index contributed by atoms with van der Waals surface area (Å²) in [6.07, 6.45) is 1.66. The third kappa shape index (κ3) is 4.41. The topological polar surface area (TPSA) is 87.6 Å². The molecule has 3 aromatic heterocycles. The molecule has 0 unspecified atom stereocenters. The number of fused-ring (bicyclic) bond motifs is 1. The Morgan fingerprint density at radius 1 is 1.06 bits per heavy atom. The molecule has 5 aromatic rings. The highest BCUT2D eigenvalue weighted by Crippen LogP contribution is 2.33. The van der Waals surface area contributed by atoms with Gasteiger partial charge in [0.15, 0.2) is 5.71 Å². The van der Waals surface area contributed by atoms with Crippen molar-refractivity contribution in [1.82, 2.24) is 19.7 Å². The van der Waals surface area contributed by atoms with Crippen LogP contribution in [0, 0.1) is 6.92 Å². The maximum Gasteiger partial charge on any atom is 0.270 e. The van der Waals surface area contributed by atoms with E-state index in [2.05, 4.69) is 24.9 Å². The fraction of sp³-hybridized carbons (Fsp3) is 0.154. The van der Waals surface area contributed by atoms with Crippen molar-refractivity contribution in [1.29, 1.82) is 0 Å². The van der Waals surface area contributed by atoms with E-state index in [1.165, 1.54) is 7.11 Å². The highest BCUT2D eigenvalue weighted by molar-refractivity contribution is 6.35. The molecule has 5 rings (SSSR count). The Morgan fingerprint density at radius 3 is 2.64 bits per heavy atom. The summed E-state index contributed by atoms with van der Waals surface area (Å²) in [4.78, 5) is 9.50. The van der Waals surface area contributed by atoms with Crippen LogP contribution < -0.4 is 4.74 Å². The van der Waals surface area contributed by atoms with E-state index >= 15 is 0 Å². The van der Waals surface area contributed by atoms with Crippen LogP contribution in [-0.2, 0) is 11.4 Å². The lowest BCUT2D eigenvalue weighted by molar-refractivity contribution is 0.213. The summed E-state index contributed by atoms with van der Waals surface area (Å²) < 4.78 is 13.6. The van der Waals surface area contributed by atoms with Gasteiger partial charge in [-0.1, -0.05) is 40.5 Å². The highest BCUT2D eigenvalue weighted by Gasteiger charge is 2.26. The fourth-order valence-corrected chi connectivity index (χ4v) is 4.57. The number of nitrogens with zero attached hydrogens (tertiary/aromatic N) is 5. The minimum Gasteiger partial charge on any atom is -0.497 e. The minimum absolute atomic E-state index is 0.201. The van der Waals surface area contributed by atoms with Crippen molar-refractivity contribution in [2.75, 3.05) is 14.2 Å². The van der Waals surface area contributed by atoms with E-state index in [0.29, 0.717) is 33.7 Å². The van der Waals surface area contributed by atoms with Gasteiger partial charge < -0.3 is 18.6 Å². The first-order valence-corrected chi connectivity index (χ1v) is 11.7. The average Bonchev–Trinajstić information content (AvgIpc) is 3.48. The van der Waals surface area contributed by atoms with Gasteiger partial charge in [-0.05, 0) is 55.0 Å². The Hall–Kier alpha value is -3.88. The van der Waals surface area contributed by atoms with Gasteiger partial charge in [-0.3, -0.25) is 4.98 Å². The van der Waals surface area contributed by atoms with E-state index in [0.717, 1.165) is 27.7 Å². The molecule has 0 atom stereocenters. The lowest BCUT2D eigenvalue weighted by Crippen LogP contribution is -2.08. The number of benzene rings is 2. The summed E-state index contributed by atoms with van der Waals surface area (Å²) in [7, 11) is 3.10. The molecule has 0 N–H and O–H groups in total. The van der Waals surface area contributed by atoms with Crippen molar-refractivity contribution in [2.45, 2.75) is 13.5 Å². The molecule has 0 spiro atoms. The van der Waals surface area contributed by atoms with Crippen molar-refractivity contribution in [2.24, 2.45) is 5.16 Å². The number of halogens is 2. The maximum atomic E-state index is 6.51. The van der Waals surface area contributed by atoms with Crippen LogP contribution >= 0.6 is 23.2 Å². The quantitative estimate of drug-likeness (QED) is 0.188. The minimum atomic E-state index is 0.201. The Kier molecular flexibility index (Phi) is 6.63. The number of hydrogen-bond acceptors (Lipinski definition) is 7. The molecule has 36 heavy (non-hydrogen) atoms. The first-order valence-electron chi connectivity index (χ1n) is 11.0. The third-order valence-electron chi connectivity index (χ3n) is 5.81. The smallest absolute Gasteiger partial charge is 0.270 e. The summed E-state index contributed by atoms with van der Waals surface area (Å²) >= 11 is 12.6. The van der Waals surface area contributed by atoms with E-state index in [4.69, 9.17) is 37.2 Å². The number of oxime groups is 1. The van der Waals surface area contributed by atoms with Gasteiger partial charge in [0.25, 0.3) is 11.8 Å². The first kappa shape index (κ1) is 23.8. The van der Waals surface area contributed by atoms with E-state index in [-0.39, 0.29) is 11.8 Å². The molecule has 10 heteroatoms. The van der Waals surface area contributed by atoms with Crippen molar-refractivity contribution in [3.05, 3.63) is 93.6 Å². The summed E-state index contributed by atoms with van der Waals surface area (Å²) in [5.74, 6) is 1.18. The first-order chi connectivity index (χ1) is 17.5. The molecular weight excluding hydrogens is 501 g/mol. The summed E-state index contributed by atoms with van der Waals surface area (Å²) in [5.41, 5.74) is 4.49. The monoisotopic (exact) mass is 521 g/mol. The Labute approximate surface area is 217 Å². The van der Waals surface area contributed by atoms with Crippen LogP contribution in [-0.4, -0.2) is 39.7 Å². The third-order valence-corrected chi connectivity index (χ3v) is 6.39. The second-order valence-electron chi connectivity index (χ2n) is 7.92. The zero-order chi connectivity index (χ0) is 25.2.